The summed E-state index contributed by atoms with van der Waals surface area (Å²) in [6.07, 6.45) is -0.558. The first-order valence-corrected chi connectivity index (χ1v) is 4.96. The van der Waals surface area contributed by atoms with Crippen molar-refractivity contribution in [3.8, 4) is 0 Å². The molecule has 0 unspecified atom stereocenters. The number of carbonyl (C=O) groups excluding carboxylic acids is 1. The Morgan fingerprint density at radius 3 is 2.64 bits per heavy atom. The Kier molecular flexibility index (Phi) is 4.04. The number of Topliss-reactive ketones (excluding diaryl/α,β-unsaturated/α-hetero) is 1. The Balaban J connectivity index is 2.60. The van der Waals surface area contributed by atoms with Crippen LogP contribution in [-0.2, 0) is 14.3 Å². The first-order valence-electron chi connectivity index (χ1n) is 4.96. The van der Waals surface area contributed by atoms with Gasteiger partial charge in [-0.15, -0.1) is 0 Å². The van der Waals surface area contributed by atoms with E-state index in [4.69, 9.17) is 9.47 Å². The standard InChI is InChI=1S/C10H18O4/c1-6(2)9(12)10-7(11)4-5-8(13-3)14-10/h6-8,10-11H,4-5H2,1-3H3/t7-,8-,10-/m0/s1. The van der Waals surface area contributed by atoms with E-state index in [-0.39, 0.29) is 18.0 Å². The highest BCUT2D eigenvalue weighted by molar-refractivity contribution is 5.85. The normalized spacial score (nSPS) is 33.4. The molecule has 1 fully saturated rings. The van der Waals surface area contributed by atoms with Gasteiger partial charge in [-0.05, 0) is 6.42 Å². The van der Waals surface area contributed by atoms with Crippen LogP contribution in [0.5, 0.6) is 0 Å². The minimum Gasteiger partial charge on any atom is -0.390 e. The zero-order valence-corrected chi connectivity index (χ0v) is 8.90. The predicted molar refractivity (Wildman–Crippen MR) is 50.8 cm³/mol. The summed E-state index contributed by atoms with van der Waals surface area (Å²) >= 11 is 0. The molecule has 1 N–H and O–H groups in total. The van der Waals surface area contributed by atoms with Crippen LogP contribution in [0.1, 0.15) is 26.7 Å². The minimum atomic E-state index is -0.714. The van der Waals surface area contributed by atoms with Crippen LogP contribution < -0.4 is 0 Å². The second-order valence-electron chi connectivity index (χ2n) is 3.92. The maximum absolute atomic E-state index is 11.6. The van der Waals surface area contributed by atoms with Crippen molar-refractivity contribution in [2.24, 2.45) is 5.92 Å². The fraction of sp³-hybridized carbons (Fsp3) is 0.900. The van der Waals surface area contributed by atoms with Crippen molar-refractivity contribution in [1.82, 2.24) is 0 Å². The molecule has 1 rings (SSSR count). The predicted octanol–water partition coefficient (Wildman–Crippen LogP) is 0.724. The molecule has 1 heterocycles. The highest BCUT2D eigenvalue weighted by Gasteiger charge is 2.35. The van der Waals surface area contributed by atoms with E-state index in [1.54, 1.807) is 21.0 Å². The van der Waals surface area contributed by atoms with Crippen LogP contribution in [0, 0.1) is 5.92 Å². The lowest BCUT2D eigenvalue weighted by molar-refractivity contribution is -0.212. The Morgan fingerprint density at radius 2 is 2.14 bits per heavy atom. The molecule has 0 aliphatic carbocycles. The van der Waals surface area contributed by atoms with E-state index in [0.717, 1.165) is 0 Å². The molecule has 0 aromatic rings. The Hall–Kier alpha value is -0.450. The second kappa shape index (κ2) is 4.87. The second-order valence-corrected chi connectivity index (χ2v) is 3.92. The molecule has 0 bridgehead atoms. The van der Waals surface area contributed by atoms with Crippen LogP contribution >= 0.6 is 0 Å². The molecule has 0 saturated carbocycles. The molecule has 0 spiro atoms. The summed E-state index contributed by atoms with van der Waals surface area (Å²) in [6, 6.07) is 0. The van der Waals surface area contributed by atoms with Crippen LogP contribution in [0.15, 0.2) is 0 Å². The molecule has 1 aliphatic rings. The average molecular weight is 202 g/mol. The van der Waals surface area contributed by atoms with Gasteiger partial charge < -0.3 is 14.6 Å². The summed E-state index contributed by atoms with van der Waals surface area (Å²) in [4.78, 5) is 11.6. The monoisotopic (exact) mass is 202 g/mol. The molecule has 0 aromatic carbocycles. The zero-order chi connectivity index (χ0) is 10.7. The van der Waals surface area contributed by atoms with Gasteiger partial charge >= 0.3 is 0 Å². The fourth-order valence-corrected chi connectivity index (χ4v) is 1.54. The highest BCUT2D eigenvalue weighted by atomic mass is 16.7. The number of ether oxygens (including phenoxy) is 2. The van der Waals surface area contributed by atoms with Gasteiger partial charge in [0, 0.05) is 19.4 Å². The van der Waals surface area contributed by atoms with E-state index in [1.165, 1.54) is 0 Å². The van der Waals surface area contributed by atoms with E-state index in [1.807, 2.05) is 0 Å². The Morgan fingerprint density at radius 1 is 1.50 bits per heavy atom. The first kappa shape index (κ1) is 11.6. The van der Waals surface area contributed by atoms with Gasteiger partial charge in [0.05, 0.1) is 6.10 Å². The van der Waals surface area contributed by atoms with Gasteiger partial charge in [-0.2, -0.15) is 0 Å². The smallest absolute Gasteiger partial charge is 0.166 e. The average Bonchev–Trinajstić information content (AvgIpc) is 2.17. The molecule has 4 heteroatoms. The minimum absolute atomic E-state index is 0.0562. The fourth-order valence-electron chi connectivity index (χ4n) is 1.54. The molecule has 1 saturated heterocycles. The van der Waals surface area contributed by atoms with Crippen LogP contribution in [0.4, 0.5) is 0 Å². The maximum Gasteiger partial charge on any atom is 0.166 e. The van der Waals surface area contributed by atoms with Gasteiger partial charge in [0.1, 0.15) is 6.10 Å². The number of carbonyl (C=O) groups is 1. The van der Waals surface area contributed by atoms with Crippen molar-refractivity contribution in [2.75, 3.05) is 7.11 Å². The van der Waals surface area contributed by atoms with Gasteiger partial charge in [-0.1, -0.05) is 13.8 Å². The quantitative estimate of drug-likeness (QED) is 0.732. The summed E-state index contributed by atoms with van der Waals surface area (Å²) in [7, 11) is 1.54. The third-order valence-electron chi connectivity index (χ3n) is 2.46. The lowest BCUT2D eigenvalue weighted by Gasteiger charge is -2.32. The summed E-state index contributed by atoms with van der Waals surface area (Å²) in [5.41, 5.74) is 0. The Labute approximate surface area is 84.2 Å². The number of rotatable bonds is 3. The van der Waals surface area contributed by atoms with Gasteiger partial charge in [-0.25, -0.2) is 0 Å². The van der Waals surface area contributed by atoms with E-state index in [2.05, 4.69) is 0 Å². The van der Waals surface area contributed by atoms with Crippen molar-refractivity contribution in [3.63, 3.8) is 0 Å². The van der Waals surface area contributed by atoms with Crippen molar-refractivity contribution in [2.45, 2.75) is 45.2 Å². The summed E-state index contributed by atoms with van der Waals surface area (Å²) in [6.45, 7) is 3.60. The largest absolute Gasteiger partial charge is 0.390 e. The highest BCUT2D eigenvalue weighted by Crippen LogP contribution is 2.22. The number of hydrogen-bond acceptors (Lipinski definition) is 4. The van der Waals surface area contributed by atoms with Crippen molar-refractivity contribution in [1.29, 1.82) is 0 Å². The zero-order valence-electron chi connectivity index (χ0n) is 8.90. The summed E-state index contributed by atoms with van der Waals surface area (Å²) in [5.74, 6) is -0.176. The number of aliphatic hydroxyl groups is 1. The lowest BCUT2D eigenvalue weighted by Crippen LogP contribution is -2.46. The maximum atomic E-state index is 11.6. The number of methoxy groups -OCH3 is 1. The van der Waals surface area contributed by atoms with Gasteiger partial charge in [0.2, 0.25) is 0 Å². The van der Waals surface area contributed by atoms with Crippen LogP contribution in [0.3, 0.4) is 0 Å². The van der Waals surface area contributed by atoms with Crippen molar-refractivity contribution < 1.29 is 19.4 Å². The van der Waals surface area contributed by atoms with Crippen LogP contribution in [-0.4, -0.2) is 36.5 Å². The first-order chi connectivity index (χ1) is 6.56. The molecule has 3 atom stereocenters. The Bertz CT molecular complexity index is 202. The molecule has 82 valence electrons. The molecule has 4 nitrogen and oxygen atoms in total. The molecule has 0 radical (unpaired) electrons. The SMILES string of the molecule is CO[C@@H]1CC[C@H](O)[C@@H](C(=O)C(C)C)O1. The molecular formula is C10H18O4. The van der Waals surface area contributed by atoms with Gasteiger partial charge in [0.25, 0.3) is 0 Å². The lowest BCUT2D eigenvalue weighted by atomic mass is 9.95. The molecule has 1 aliphatic heterocycles. The van der Waals surface area contributed by atoms with Crippen LogP contribution in [0.2, 0.25) is 0 Å². The van der Waals surface area contributed by atoms with E-state index in [9.17, 15) is 9.90 Å². The number of aliphatic hydroxyl groups excluding tert-OH is 1. The summed E-state index contributed by atoms with van der Waals surface area (Å²) < 4.78 is 10.4. The van der Waals surface area contributed by atoms with Crippen molar-refractivity contribution >= 4 is 5.78 Å². The third kappa shape index (κ3) is 2.53. The van der Waals surface area contributed by atoms with E-state index in [0.29, 0.717) is 12.8 Å². The number of ketones is 1. The van der Waals surface area contributed by atoms with E-state index >= 15 is 0 Å². The van der Waals surface area contributed by atoms with E-state index < -0.39 is 12.2 Å². The van der Waals surface area contributed by atoms with Crippen molar-refractivity contribution in [3.05, 3.63) is 0 Å². The molecule has 14 heavy (non-hydrogen) atoms. The van der Waals surface area contributed by atoms with Crippen LogP contribution in [0.25, 0.3) is 0 Å². The summed E-state index contributed by atoms with van der Waals surface area (Å²) in [5, 5.41) is 9.60. The molecule has 0 amide bonds. The topological polar surface area (TPSA) is 55.8 Å². The van der Waals surface area contributed by atoms with Gasteiger partial charge in [-0.3, -0.25) is 4.79 Å². The third-order valence-corrected chi connectivity index (χ3v) is 2.46. The number of hydrogen-bond donors (Lipinski definition) is 1. The molecule has 0 aromatic heterocycles. The van der Waals surface area contributed by atoms with Gasteiger partial charge in [0.15, 0.2) is 12.1 Å². The molecular weight excluding hydrogens is 184 g/mol.